The van der Waals surface area contributed by atoms with Crippen LogP contribution in [0.25, 0.3) is 0 Å². The van der Waals surface area contributed by atoms with E-state index in [4.69, 9.17) is 0 Å². The third-order valence-corrected chi connectivity index (χ3v) is 5.26. The maximum absolute atomic E-state index is 11.1. The van der Waals surface area contributed by atoms with Gasteiger partial charge in [0.1, 0.15) is 4.83 Å². The standard InChI is InChI=1S/C11H23BrN2.C6H3N3O7/c1-10(2,3)8(12)9(13-7)14-11(4,5)6;10-6-4(8(13)14)1-3(7(11)12)2-5(6)9(15)16/h8H,1-7H3,(H,13,14);1-2,10H. The number of hydrogen-bond donors (Lipinski definition) is 2. The van der Waals surface area contributed by atoms with Crippen LogP contribution < -0.4 is 15.4 Å². The molecule has 0 spiro atoms. The Bertz CT molecular complexity index is 809. The highest BCUT2D eigenvalue weighted by atomic mass is 79.9. The molecule has 1 atom stereocenters. The number of nitrogens with zero attached hydrogens (tertiary/aromatic N) is 3. The molecule has 1 unspecified atom stereocenters. The van der Waals surface area contributed by atoms with Crippen molar-refractivity contribution >= 4 is 38.8 Å². The van der Waals surface area contributed by atoms with Crippen molar-refractivity contribution in [3.05, 3.63) is 42.5 Å². The van der Waals surface area contributed by atoms with Crippen molar-refractivity contribution in [2.75, 3.05) is 7.05 Å². The SMILES string of the molecule is C[NH+]=C(NC(C)(C)C)C(Br)C(C)(C)C.O=[N+]([O-])c1cc([N+](=O)[O-])c([O-])c([N+](=O)[O-])c1. The van der Waals surface area contributed by atoms with Crippen molar-refractivity contribution in [3.63, 3.8) is 0 Å². The zero-order chi connectivity index (χ0) is 24.0. The number of benzene rings is 1. The van der Waals surface area contributed by atoms with Crippen molar-refractivity contribution in [1.29, 1.82) is 0 Å². The highest BCUT2D eigenvalue weighted by Gasteiger charge is 2.33. The van der Waals surface area contributed by atoms with E-state index in [9.17, 15) is 35.4 Å². The first-order chi connectivity index (χ1) is 13.4. The van der Waals surface area contributed by atoms with Crippen molar-refractivity contribution in [1.82, 2.24) is 5.32 Å². The Hall–Kier alpha value is -2.83. The number of nitro groups is 3. The average molecular weight is 492 g/mol. The molecular formula is C17H26BrN5O7. The molecule has 13 heteroatoms. The minimum atomic E-state index is -1.46. The predicted octanol–water partition coefficient (Wildman–Crippen LogP) is 1.78. The fourth-order valence-electron chi connectivity index (χ4n) is 2.05. The minimum Gasteiger partial charge on any atom is -0.863 e. The van der Waals surface area contributed by atoms with E-state index in [1.165, 1.54) is 0 Å². The Labute approximate surface area is 182 Å². The Kier molecular flexibility index (Phi) is 9.31. The van der Waals surface area contributed by atoms with Crippen LogP contribution in [-0.2, 0) is 0 Å². The molecule has 30 heavy (non-hydrogen) atoms. The van der Waals surface area contributed by atoms with Crippen LogP contribution in [0, 0.1) is 35.8 Å². The van der Waals surface area contributed by atoms with Crippen LogP contribution in [0.4, 0.5) is 17.1 Å². The van der Waals surface area contributed by atoms with E-state index in [2.05, 4.69) is 67.8 Å². The van der Waals surface area contributed by atoms with Crippen LogP contribution in [0.3, 0.4) is 0 Å². The van der Waals surface area contributed by atoms with E-state index in [1.54, 1.807) is 0 Å². The summed E-state index contributed by atoms with van der Waals surface area (Å²) in [7, 11) is 1.95. The van der Waals surface area contributed by atoms with E-state index in [0.717, 1.165) is 5.84 Å². The summed E-state index contributed by atoms with van der Waals surface area (Å²) in [6, 6.07) is 0.769. The minimum absolute atomic E-state index is 0.0929. The fraction of sp³-hybridized carbons (Fsp3) is 0.588. The molecule has 1 aromatic rings. The number of amidine groups is 1. The van der Waals surface area contributed by atoms with E-state index < -0.39 is 37.6 Å². The molecule has 0 aliphatic heterocycles. The maximum atomic E-state index is 11.1. The van der Waals surface area contributed by atoms with Gasteiger partial charge in [0, 0.05) is 0 Å². The fourth-order valence-corrected chi connectivity index (χ4v) is 2.39. The summed E-state index contributed by atoms with van der Waals surface area (Å²) < 4.78 is 0. The monoisotopic (exact) mass is 491 g/mol. The molecule has 0 aromatic heterocycles. The van der Waals surface area contributed by atoms with Crippen molar-refractivity contribution in [3.8, 4) is 5.75 Å². The second kappa shape index (κ2) is 10.3. The van der Waals surface area contributed by atoms with Gasteiger partial charge in [-0.15, -0.1) is 0 Å². The van der Waals surface area contributed by atoms with Gasteiger partial charge in [-0.3, -0.25) is 40.7 Å². The Balaban J connectivity index is 0.000000567. The Morgan fingerprint density at radius 2 is 1.37 bits per heavy atom. The molecule has 0 aliphatic carbocycles. The van der Waals surface area contributed by atoms with Gasteiger partial charge >= 0.3 is 0 Å². The van der Waals surface area contributed by atoms with Crippen molar-refractivity contribution < 1.29 is 24.9 Å². The largest absolute Gasteiger partial charge is 0.863 e. The lowest BCUT2D eigenvalue weighted by atomic mass is 9.91. The summed E-state index contributed by atoms with van der Waals surface area (Å²) in [5.74, 6) is -0.314. The van der Waals surface area contributed by atoms with Crippen molar-refractivity contribution in [2.45, 2.75) is 51.9 Å². The molecule has 0 saturated heterocycles. The van der Waals surface area contributed by atoms with Gasteiger partial charge in [-0.25, -0.2) is 0 Å². The van der Waals surface area contributed by atoms with Gasteiger partial charge in [0.15, 0.2) is 0 Å². The number of nitrogens with one attached hydrogen (secondary N) is 2. The molecule has 0 heterocycles. The molecule has 0 radical (unpaired) electrons. The second-order valence-electron chi connectivity index (χ2n) is 8.35. The van der Waals surface area contributed by atoms with Crippen LogP contribution >= 0.6 is 15.9 Å². The lowest BCUT2D eigenvalue weighted by molar-refractivity contribution is -0.424. The first kappa shape index (κ1) is 27.2. The number of rotatable bonds is 4. The van der Waals surface area contributed by atoms with Crippen LogP contribution in [0.5, 0.6) is 5.75 Å². The van der Waals surface area contributed by atoms with E-state index >= 15 is 0 Å². The third-order valence-electron chi connectivity index (χ3n) is 3.43. The van der Waals surface area contributed by atoms with Gasteiger partial charge in [-0.2, -0.15) is 0 Å². The van der Waals surface area contributed by atoms with E-state index in [-0.39, 0.29) is 11.0 Å². The quantitative estimate of drug-likeness (QED) is 0.210. The molecule has 0 amide bonds. The van der Waals surface area contributed by atoms with E-state index in [0.29, 0.717) is 17.0 Å². The van der Waals surface area contributed by atoms with Gasteiger partial charge in [-0.1, -0.05) is 36.7 Å². The zero-order valence-electron chi connectivity index (χ0n) is 17.8. The Morgan fingerprint density at radius 1 is 0.967 bits per heavy atom. The third kappa shape index (κ3) is 8.27. The molecule has 0 aliphatic rings. The zero-order valence-corrected chi connectivity index (χ0v) is 19.4. The highest BCUT2D eigenvalue weighted by Crippen LogP contribution is 2.36. The lowest BCUT2D eigenvalue weighted by Crippen LogP contribution is -2.76. The second-order valence-corrected chi connectivity index (χ2v) is 9.27. The Morgan fingerprint density at radius 3 is 1.60 bits per heavy atom. The molecule has 2 N–H and O–H groups in total. The number of nitro benzene ring substituents is 3. The molecule has 0 saturated carbocycles. The van der Waals surface area contributed by atoms with Crippen LogP contribution in [0.1, 0.15) is 41.5 Å². The first-order valence-electron chi connectivity index (χ1n) is 8.67. The molecular weight excluding hydrogens is 466 g/mol. The van der Waals surface area contributed by atoms with Crippen LogP contribution in [0.15, 0.2) is 12.1 Å². The average Bonchev–Trinajstić information content (AvgIpc) is 2.57. The normalized spacial score (nSPS) is 13.0. The first-order valence-corrected chi connectivity index (χ1v) is 9.59. The van der Waals surface area contributed by atoms with Crippen LogP contribution in [-0.4, -0.2) is 38.0 Å². The summed E-state index contributed by atoms with van der Waals surface area (Å²) in [6.45, 7) is 13.1. The predicted molar refractivity (Wildman–Crippen MR) is 113 cm³/mol. The number of alkyl halides is 1. The molecule has 1 aromatic carbocycles. The highest BCUT2D eigenvalue weighted by molar-refractivity contribution is 9.10. The number of halogens is 1. The molecule has 0 fully saturated rings. The van der Waals surface area contributed by atoms with Crippen molar-refractivity contribution in [2.24, 2.45) is 5.41 Å². The lowest BCUT2D eigenvalue weighted by Gasteiger charge is -2.27. The maximum Gasteiger partial charge on any atom is 0.283 e. The molecule has 0 bridgehead atoms. The molecule has 168 valence electrons. The van der Waals surface area contributed by atoms with E-state index in [1.807, 2.05) is 7.05 Å². The summed E-state index contributed by atoms with van der Waals surface area (Å²) in [4.78, 5) is 31.1. The smallest absolute Gasteiger partial charge is 0.283 e. The van der Waals surface area contributed by atoms with Gasteiger partial charge in [0.05, 0.1) is 45.2 Å². The summed E-state index contributed by atoms with van der Waals surface area (Å²) in [5, 5.41) is 45.6. The van der Waals surface area contributed by atoms with Crippen LogP contribution in [0.2, 0.25) is 0 Å². The summed E-state index contributed by atoms with van der Waals surface area (Å²) in [5.41, 5.74) is -2.97. The summed E-state index contributed by atoms with van der Waals surface area (Å²) >= 11 is 3.72. The molecule has 12 nitrogen and oxygen atoms in total. The van der Waals surface area contributed by atoms with Gasteiger partial charge in [-0.05, 0) is 26.2 Å². The topological polar surface area (TPSA) is 178 Å². The number of hydrogen-bond acceptors (Lipinski definition) is 7. The van der Waals surface area contributed by atoms with Gasteiger partial charge < -0.3 is 5.11 Å². The number of non-ortho nitro benzene ring substituents is 1. The molecule has 1 rings (SSSR count). The van der Waals surface area contributed by atoms with Gasteiger partial charge in [0.25, 0.3) is 22.9 Å². The van der Waals surface area contributed by atoms with Gasteiger partial charge in [0.2, 0.25) is 0 Å². The summed E-state index contributed by atoms with van der Waals surface area (Å²) in [6.07, 6.45) is 0.